The van der Waals surface area contributed by atoms with E-state index in [0.717, 1.165) is 17.0 Å². The third-order valence-corrected chi connectivity index (χ3v) is 4.47. The SMILES string of the molecule is Cc1csc(N(C)C(=O)[C@@H]2Cc3cc(Cl)ccc3O2)n1. The smallest absolute Gasteiger partial charge is 0.269 e. The zero-order valence-electron chi connectivity index (χ0n) is 11.1. The molecule has 1 aromatic heterocycles. The van der Waals surface area contributed by atoms with Crippen molar-refractivity contribution in [3.05, 3.63) is 39.9 Å². The minimum absolute atomic E-state index is 0.0910. The molecule has 0 saturated carbocycles. The third kappa shape index (κ3) is 2.39. The van der Waals surface area contributed by atoms with Gasteiger partial charge in [-0.1, -0.05) is 11.6 Å². The van der Waals surface area contributed by atoms with Crippen LogP contribution < -0.4 is 9.64 Å². The Morgan fingerprint density at radius 2 is 2.35 bits per heavy atom. The van der Waals surface area contributed by atoms with Crippen molar-refractivity contribution in [1.82, 2.24) is 4.98 Å². The van der Waals surface area contributed by atoms with Gasteiger partial charge in [0.15, 0.2) is 11.2 Å². The topological polar surface area (TPSA) is 42.4 Å². The van der Waals surface area contributed by atoms with E-state index >= 15 is 0 Å². The minimum atomic E-state index is -0.502. The van der Waals surface area contributed by atoms with Gasteiger partial charge in [0.25, 0.3) is 5.91 Å². The van der Waals surface area contributed by atoms with E-state index in [-0.39, 0.29) is 5.91 Å². The second-order valence-corrected chi connectivity index (χ2v) is 6.00. The number of hydrogen-bond acceptors (Lipinski definition) is 4. The molecule has 0 bridgehead atoms. The maximum absolute atomic E-state index is 12.4. The number of hydrogen-bond donors (Lipinski definition) is 0. The lowest BCUT2D eigenvalue weighted by atomic mass is 10.1. The molecule has 2 aromatic rings. The normalized spacial score (nSPS) is 16.6. The number of carbonyl (C=O) groups is 1. The molecule has 2 heterocycles. The van der Waals surface area contributed by atoms with Crippen molar-refractivity contribution >= 4 is 34.0 Å². The fourth-order valence-electron chi connectivity index (χ4n) is 2.16. The highest BCUT2D eigenvalue weighted by molar-refractivity contribution is 7.14. The lowest BCUT2D eigenvalue weighted by Gasteiger charge is -2.18. The number of amides is 1. The summed E-state index contributed by atoms with van der Waals surface area (Å²) in [6.45, 7) is 1.90. The first-order chi connectivity index (χ1) is 9.54. The first-order valence-corrected chi connectivity index (χ1v) is 7.45. The number of ether oxygens (including phenoxy) is 1. The van der Waals surface area contributed by atoms with Crippen LogP contribution in [-0.2, 0) is 11.2 Å². The monoisotopic (exact) mass is 308 g/mol. The quantitative estimate of drug-likeness (QED) is 0.856. The van der Waals surface area contributed by atoms with Gasteiger partial charge in [0, 0.05) is 23.9 Å². The Hall–Kier alpha value is -1.59. The van der Waals surface area contributed by atoms with E-state index in [4.69, 9.17) is 16.3 Å². The molecular formula is C14H13ClN2O2S. The maximum Gasteiger partial charge on any atom is 0.269 e. The van der Waals surface area contributed by atoms with Crippen LogP contribution in [0.5, 0.6) is 5.75 Å². The average molecular weight is 309 g/mol. The van der Waals surface area contributed by atoms with Gasteiger partial charge >= 0.3 is 0 Å². The molecule has 0 N–H and O–H groups in total. The molecule has 0 fully saturated rings. The van der Waals surface area contributed by atoms with E-state index < -0.39 is 6.10 Å². The fourth-order valence-corrected chi connectivity index (χ4v) is 3.13. The molecule has 1 aliphatic rings. The number of anilines is 1. The second-order valence-electron chi connectivity index (χ2n) is 4.73. The van der Waals surface area contributed by atoms with Crippen molar-refractivity contribution in [2.24, 2.45) is 0 Å². The average Bonchev–Trinajstić information content (AvgIpc) is 3.02. The van der Waals surface area contributed by atoms with Crippen molar-refractivity contribution in [3.8, 4) is 5.75 Å². The number of halogens is 1. The Labute approximate surface area is 126 Å². The molecule has 6 heteroatoms. The maximum atomic E-state index is 12.4. The predicted molar refractivity (Wildman–Crippen MR) is 79.8 cm³/mol. The molecule has 1 amide bonds. The number of benzene rings is 1. The summed E-state index contributed by atoms with van der Waals surface area (Å²) in [6, 6.07) is 5.41. The fraction of sp³-hybridized carbons (Fsp3) is 0.286. The lowest BCUT2D eigenvalue weighted by molar-refractivity contribution is -0.124. The van der Waals surface area contributed by atoms with Crippen LogP contribution >= 0.6 is 22.9 Å². The molecular weight excluding hydrogens is 296 g/mol. The molecule has 0 radical (unpaired) electrons. The minimum Gasteiger partial charge on any atom is -0.480 e. The van der Waals surface area contributed by atoms with Crippen LogP contribution in [-0.4, -0.2) is 24.0 Å². The van der Waals surface area contributed by atoms with Crippen molar-refractivity contribution < 1.29 is 9.53 Å². The molecule has 20 heavy (non-hydrogen) atoms. The van der Waals surface area contributed by atoms with Crippen molar-refractivity contribution in [1.29, 1.82) is 0 Å². The van der Waals surface area contributed by atoms with Gasteiger partial charge in [0.2, 0.25) is 0 Å². The number of likely N-dealkylation sites (N-methyl/N-ethyl adjacent to an activating group) is 1. The number of nitrogens with zero attached hydrogens (tertiary/aromatic N) is 2. The van der Waals surface area contributed by atoms with Crippen molar-refractivity contribution in [2.45, 2.75) is 19.4 Å². The molecule has 1 atom stereocenters. The standard InChI is InChI=1S/C14H13ClN2O2S/c1-8-7-20-14(16-8)17(2)13(18)12-6-9-5-10(15)3-4-11(9)19-12/h3-5,7,12H,6H2,1-2H3/t12-/m0/s1. The molecule has 1 aromatic carbocycles. The Balaban J connectivity index is 1.77. The first-order valence-electron chi connectivity index (χ1n) is 6.19. The highest BCUT2D eigenvalue weighted by atomic mass is 35.5. The second kappa shape index (κ2) is 5.07. The van der Waals surface area contributed by atoms with Gasteiger partial charge in [-0.25, -0.2) is 4.98 Å². The Kier molecular flexibility index (Phi) is 3.40. The van der Waals surface area contributed by atoms with E-state index in [1.165, 1.54) is 11.3 Å². The molecule has 1 aliphatic heterocycles. The molecule has 0 unspecified atom stereocenters. The van der Waals surface area contributed by atoms with Gasteiger partial charge in [0.1, 0.15) is 5.75 Å². The number of rotatable bonds is 2. The van der Waals surface area contributed by atoms with Crippen LogP contribution in [0.25, 0.3) is 0 Å². The van der Waals surface area contributed by atoms with Gasteiger partial charge in [-0.2, -0.15) is 0 Å². The summed E-state index contributed by atoms with van der Waals surface area (Å²) < 4.78 is 5.70. The predicted octanol–water partition coefficient (Wildman–Crippen LogP) is 3.07. The molecule has 104 valence electrons. The molecule has 4 nitrogen and oxygen atoms in total. The summed E-state index contributed by atoms with van der Waals surface area (Å²) in [5.41, 5.74) is 1.88. The summed E-state index contributed by atoms with van der Waals surface area (Å²) in [7, 11) is 1.72. The largest absolute Gasteiger partial charge is 0.480 e. The highest BCUT2D eigenvalue weighted by Crippen LogP contribution is 2.32. The lowest BCUT2D eigenvalue weighted by Crippen LogP contribution is -2.39. The van der Waals surface area contributed by atoms with Crippen LogP contribution in [0.4, 0.5) is 5.13 Å². The summed E-state index contributed by atoms with van der Waals surface area (Å²) in [6.07, 6.45) is 0.0429. The van der Waals surface area contributed by atoms with Gasteiger partial charge in [-0.15, -0.1) is 11.3 Å². The molecule has 0 aliphatic carbocycles. The Morgan fingerprint density at radius 1 is 1.55 bits per heavy atom. The summed E-state index contributed by atoms with van der Waals surface area (Å²) in [4.78, 5) is 18.3. The number of carbonyl (C=O) groups excluding carboxylic acids is 1. The molecule has 3 rings (SSSR count). The third-order valence-electron chi connectivity index (χ3n) is 3.20. The van der Waals surface area contributed by atoms with E-state index in [1.54, 1.807) is 24.1 Å². The van der Waals surface area contributed by atoms with Crippen molar-refractivity contribution in [3.63, 3.8) is 0 Å². The van der Waals surface area contributed by atoms with Crippen LogP contribution in [0.15, 0.2) is 23.6 Å². The van der Waals surface area contributed by atoms with Crippen LogP contribution in [0.1, 0.15) is 11.3 Å². The van der Waals surface area contributed by atoms with E-state index in [0.29, 0.717) is 16.6 Å². The summed E-state index contributed by atoms with van der Waals surface area (Å²) in [5, 5.41) is 3.26. The van der Waals surface area contributed by atoms with Gasteiger partial charge in [-0.05, 0) is 30.7 Å². The number of aromatic nitrogens is 1. The molecule has 0 saturated heterocycles. The number of fused-ring (bicyclic) bond motifs is 1. The van der Waals surface area contributed by atoms with Crippen molar-refractivity contribution in [2.75, 3.05) is 11.9 Å². The van der Waals surface area contributed by atoms with Crippen LogP contribution in [0.2, 0.25) is 5.02 Å². The van der Waals surface area contributed by atoms with Crippen LogP contribution in [0.3, 0.4) is 0 Å². The molecule has 0 spiro atoms. The Morgan fingerprint density at radius 3 is 3.05 bits per heavy atom. The zero-order chi connectivity index (χ0) is 14.3. The Bertz CT molecular complexity index is 671. The van der Waals surface area contributed by atoms with E-state index in [1.807, 2.05) is 18.4 Å². The highest BCUT2D eigenvalue weighted by Gasteiger charge is 2.32. The van der Waals surface area contributed by atoms with Gasteiger partial charge in [0.05, 0.1) is 5.69 Å². The van der Waals surface area contributed by atoms with E-state index in [9.17, 15) is 4.79 Å². The van der Waals surface area contributed by atoms with Crippen LogP contribution in [0, 0.1) is 6.92 Å². The summed E-state index contributed by atoms with van der Waals surface area (Å²) in [5.74, 6) is 0.642. The van der Waals surface area contributed by atoms with Gasteiger partial charge in [-0.3, -0.25) is 9.69 Å². The summed E-state index contributed by atoms with van der Waals surface area (Å²) >= 11 is 7.40. The first kappa shape index (κ1) is 13.4. The van der Waals surface area contributed by atoms with Gasteiger partial charge < -0.3 is 4.74 Å². The number of aryl methyl sites for hydroxylation is 1. The van der Waals surface area contributed by atoms with E-state index in [2.05, 4.69) is 4.98 Å². The zero-order valence-corrected chi connectivity index (χ0v) is 12.7. The number of thiazole rings is 1.